The molecule has 1 aliphatic rings. The van der Waals surface area contributed by atoms with E-state index in [4.69, 9.17) is 4.74 Å². The lowest BCUT2D eigenvalue weighted by atomic mass is 10.0. The van der Waals surface area contributed by atoms with Crippen LogP contribution >= 0.6 is 0 Å². The summed E-state index contributed by atoms with van der Waals surface area (Å²) in [7, 11) is 0. The SMILES string of the molecule is C=CC(=O)Nc1ccc(C(=O)N2CCOCC2(C)C)cc1. The predicted molar refractivity (Wildman–Crippen MR) is 81.2 cm³/mol. The van der Waals surface area contributed by atoms with Crippen molar-refractivity contribution in [1.82, 2.24) is 4.90 Å². The van der Waals surface area contributed by atoms with Gasteiger partial charge in [-0.3, -0.25) is 9.59 Å². The first-order valence-electron chi connectivity index (χ1n) is 6.87. The van der Waals surface area contributed by atoms with Crippen molar-refractivity contribution in [1.29, 1.82) is 0 Å². The van der Waals surface area contributed by atoms with Gasteiger partial charge < -0.3 is 15.0 Å². The zero-order valence-corrected chi connectivity index (χ0v) is 12.4. The van der Waals surface area contributed by atoms with E-state index in [0.29, 0.717) is 31.0 Å². The standard InChI is InChI=1S/C16H20N2O3/c1-4-14(19)17-13-7-5-12(6-8-13)15(20)18-9-10-21-11-16(18,2)3/h4-8H,1,9-11H2,2-3H3,(H,17,19). The molecule has 1 saturated heterocycles. The molecule has 1 fully saturated rings. The van der Waals surface area contributed by atoms with Crippen LogP contribution in [0.4, 0.5) is 5.69 Å². The van der Waals surface area contributed by atoms with E-state index in [0.717, 1.165) is 0 Å². The molecular weight excluding hydrogens is 268 g/mol. The van der Waals surface area contributed by atoms with E-state index in [1.54, 1.807) is 24.3 Å². The minimum Gasteiger partial charge on any atom is -0.377 e. The maximum absolute atomic E-state index is 12.6. The number of carbonyl (C=O) groups excluding carboxylic acids is 2. The van der Waals surface area contributed by atoms with Crippen LogP contribution in [0.1, 0.15) is 24.2 Å². The maximum atomic E-state index is 12.6. The molecule has 1 aliphatic heterocycles. The lowest BCUT2D eigenvalue weighted by Gasteiger charge is -2.42. The van der Waals surface area contributed by atoms with Crippen molar-refractivity contribution in [3.8, 4) is 0 Å². The van der Waals surface area contributed by atoms with Gasteiger partial charge in [0.25, 0.3) is 5.91 Å². The van der Waals surface area contributed by atoms with Crippen LogP contribution in [-0.4, -0.2) is 42.0 Å². The highest BCUT2D eigenvalue weighted by Crippen LogP contribution is 2.22. The molecule has 1 heterocycles. The van der Waals surface area contributed by atoms with Gasteiger partial charge in [0.15, 0.2) is 0 Å². The summed E-state index contributed by atoms with van der Waals surface area (Å²) in [6.07, 6.45) is 1.20. The smallest absolute Gasteiger partial charge is 0.254 e. The number of anilines is 1. The van der Waals surface area contributed by atoms with Crippen LogP contribution in [0.15, 0.2) is 36.9 Å². The van der Waals surface area contributed by atoms with Gasteiger partial charge in [-0.15, -0.1) is 0 Å². The van der Waals surface area contributed by atoms with Crippen LogP contribution in [0, 0.1) is 0 Å². The average molecular weight is 288 g/mol. The van der Waals surface area contributed by atoms with Crippen LogP contribution in [0.25, 0.3) is 0 Å². The molecule has 0 radical (unpaired) electrons. The fourth-order valence-electron chi connectivity index (χ4n) is 2.28. The van der Waals surface area contributed by atoms with Crippen molar-refractivity contribution < 1.29 is 14.3 Å². The number of benzene rings is 1. The second-order valence-corrected chi connectivity index (χ2v) is 5.59. The van der Waals surface area contributed by atoms with E-state index in [-0.39, 0.29) is 17.4 Å². The third-order valence-corrected chi connectivity index (χ3v) is 3.48. The topological polar surface area (TPSA) is 58.6 Å². The summed E-state index contributed by atoms with van der Waals surface area (Å²) in [5.74, 6) is -0.298. The molecule has 1 aromatic carbocycles. The summed E-state index contributed by atoms with van der Waals surface area (Å²) in [5, 5.41) is 2.65. The van der Waals surface area contributed by atoms with Gasteiger partial charge in [-0.1, -0.05) is 6.58 Å². The third kappa shape index (κ3) is 3.49. The normalized spacial score (nSPS) is 17.1. The van der Waals surface area contributed by atoms with Crippen LogP contribution in [0.5, 0.6) is 0 Å². The minimum atomic E-state index is -0.314. The summed E-state index contributed by atoms with van der Waals surface area (Å²) in [6.45, 7) is 9.05. The Morgan fingerprint density at radius 1 is 1.33 bits per heavy atom. The lowest BCUT2D eigenvalue weighted by Crippen LogP contribution is -2.55. The Balaban J connectivity index is 2.12. The number of ether oxygens (including phenoxy) is 1. The summed E-state index contributed by atoms with van der Waals surface area (Å²) in [5.41, 5.74) is 0.921. The number of rotatable bonds is 3. The number of carbonyl (C=O) groups is 2. The zero-order chi connectivity index (χ0) is 15.5. The van der Waals surface area contributed by atoms with Gasteiger partial charge in [-0.2, -0.15) is 0 Å². The Hall–Kier alpha value is -2.14. The molecule has 2 rings (SSSR count). The van der Waals surface area contributed by atoms with Crippen LogP contribution in [0.2, 0.25) is 0 Å². The van der Waals surface area contributed by atoms with Crippen molar-refractivity contribution in [2.24, 2.45) is 0 Å². The fourth-order valence-corrected chi connectivity index (χ4v) is 2.28. The largest absolute Gasteiger partial charge is 0.377 e. The van der Waals surface area contributed by atoms with Gasteiger partial charge in [0.1, 0.15) is 0 Å². The number of morpholine rings is 1. The lowest BCUT2D eigenvalue weighted by molar-refractivity contribution is -0.111. The Bertz CT molecular complexity index is 549. The van der Waals surface area contributed by atoms with E-state index in [2.05, 4.69) is 11.9 Å². The monoisotopic (exact) mass is 288 g/mol. The Morgan fingerprint density at radius 3 is 2.57 bits per heavy atom. The zero-order valence-electron chi connectivity index (χ0n) is 12.4. The van der Waals surface area contributed by atoms with Gasteiger partial charge in [0.05, 0.1) is 18.8 Å². The van der Waals surface area contributed by atoms with Crippen molar-refractivity contribution in [3.05, 3.63) is 42.5 Å². The predicted octanol–water partition coefficient (Wildman–Crippen LogP) is 2.06. The molecule has 0 unspecified atom stereocenters. The fraction of sp³-hybridized carbons (Fsp3) is 0.375. The molecule has 1 N–H and O–H groups in total. The second kappa shape index (κ2) is 6.10. The van der Waals surface area contributed by atoms with E-state index >= 15 is 0 Å². The molecule has 0 bridgehead atoms. The Labute approximate surface area is 124 Å². The van der Waals surface area contributed by atoms with Crippen LogP contribution in [-0.2, 0) is 9.53 Å². The summed E-state index contributed by atoms with van der Waals surface area (Å²) in [4.78, 5) is 25.6. The Morgan fingerprint density at radius 2 is 2.00 bits per heavy atom. The van der Waals surface area contributed by atoms with Crippen molar-refractivity contribution in [2.75, 3.05) is 25.1 Å². The second-order valence-electron chi connectivity index (χ2n) is 5.59. The average Bonchev–Trinajstić information content (AvgIpc) is 2.47. The molecule has 0 atom stereocenters. The highest BCUT2D eigenvalue weighted by Gasteiger charge is 2.34. The van der Waals surface area contributed by atoms with Gasteiger partial charge in [-0.25, -0.2) is 0 Å². The molecule has 0 saturated carbocycles. The number of hydrogen-bond donors (Lipinski definition) is 1. The highest BCUT2D eigenvalue weighted by molar-refractivity contribution is 5.99. The van der Waals surface area contributed by atoms with Crippen LogP contribution < -0.4 is 5.32 Å². The molecule has 0 spiro atoms. The Kier molecular flexibility index (Phi) is 4.43. The first-order chi connectivity index (χ1) is 9.94. The number of nitrogens with zero attached hydrogens (tertiary/aromatic N) is 1. The minimum absolute atomic E-state index is 0.0232. The number of nitrogens with one attached hydrogen (secondary N) is 1. The molecular formula is C16H20N2O3. The maximum Gasteiger partial charge on any atom is 0.254 e. The molecule has 5 heteroatoms. The van der Waals surface area contributed by atoms with E-state index in [1.807, 2.05) is 18.7 Å². The number of amides is 2. The third-order valence-electron chi connectivity index (χ3n) is 3.48. The molecule has 1 aromatic rings. The van der Waals surface area contributed by atoms with Crippen molar-refractivity contribution >= 4 is 17.5 Å². The van der Waals surface area contributed by atoms with Crippen molar-refractivity contribution in [2.45, 2.75) is 19.4 Å². The van der Waals surface area contributed by atoms with Gasteiger partial charge in [0.2, 0.25) is 5.91 Å². The molecule has 0 aliphatic carbocycles. The summed E-state index contributed by atoms with van der Waals surface area (Å²) >= 11 is 0. The molecule has 21 heavy (non-hydrogen) atoms. The first kappa shape index (κ1) is 15.3. The van der Waals surface area contributed by atoms with Gasteiger partial charge in [0, 0.05) is 17.8 Å². The van der Waals surface area contributed by atoms with Crippen molar-refractivity contribution in [3.63, 3.8) is 0 Å². The van der Waals surface area contributed by atoms with E-state index in [1.165, 1.54) is 6.08 Å². The molecule has 5 nitrogen and oxygen atoms in total. The van der Waals surface area contributed by atoms with Gasteiger partial charge >= 0.3 is 0 Å². The first-order valence-corrected chi connectivity index (χ1v) is 6.87. The molecule has 112 valence electrons. The van der Waals surface area contributed by atoms with E-state index in [9.17, 15) is 9.59 Å². The molecule has 0 aromatic heterocycles. The number of hydrogen-bond acceptors (Lipinski definition) is 3. The van der Waals surface area contributed by atoms with E-state index < -0.39 is 0 Å². The summed E-state index contributed by atoms with van der Waals surface area (Å²) < 4.78 is 5.43. The van der Waals surface area contributed by atoms with Gasteiger partial charge in [-0.05, 0) is 44.2 Å². The molecule has 2 amide bonds. The summed E-state index contributed by atoms with van der Waals surface area (Å²) in [6, 6.07) is 6.85. The van der Waals surface area contributed by atoms with Crippen LogP contribution in [0.3, 0.4) is 0 Å². The quantitative estimate of drug-likeness (QED) is 0.866. The highest BCUT2D eigenvalue weighted by atomic mass is 16.5.